The molecule has 104 valence electrons. The number of fused-ring (bicyclic) bond motifs is 1. The molecule has 0 unspecified atom stereocenters. The van der Waals surface area contributed by atoms with Crippen molar-refractivity contribution in [2.75, 3.05) is 0 Å². The van der Waals surface area contributed by atoms with E-state index in [9.17, 15) is 5.11 Å². The van der Waals surface area contributed by atoms with E-state index in [0.717, 1.165) is 15.7 Å². The zero-order valence-electron chi connectivity index (χ0n) is 10.7. The number of aryl methyl sites for hydroxylation is 1. The van der Waals surface area contributed by atoms with Gasteiger partial charge in [-0.15, -0.1) is 0 Å². The summed E-state index contributed by atoms with van der Waals surface area (Å²) in [6, 6.07) is 7.30. The topological polar surface area (TPSA) is 59.7 Å². The molecule has 0 fully saturated rings. The molecule has 3 rings (SSSR count). The van der Waals surface area contributed by atoms with Crippen molar-refractivity contribution in [3.8, 4) is 5.75 Å². The first-order valence-corrected chi connectivity index (χ1v) is 7.20. The van der Waals surface area contributed by atoms with Crippen molar-refractivity contribution in [1.82, 2.24) is 14.6 Å². The molecule has 0 bridgehead atoms. The normalized spacial score (nSPS) is 11.2. The largest absolute Gasteiger partial charge is 0.485 e. The maximum absolute atomic E-state index is 9.31. The van der Waals surface area contributed by atoms with Gasteiger partial charge in [0.25, 0.3) is 0 Å². The highest BCUT2D eigenvalue weighted by atomic mass is 35.5. The van der Waals surface area contributed by atoms with Gasteiger partial charge in [-0.1, -0.05) is 35.1 Å². The molecule has 0 aliphatic heterocycles. The van der Waals surface area contributed by atoms with Crippen LogP contribution in [0.25, 0.3) is 4.96 Å². The van der Waals surface area contributed by atoms with Gasteiger partial charge in [0.2, 0.25) is 4.96 Å². The van der Waals surface area contributed by atoms with E-state index in [1.54, 1.807) is 10.6 Å². The van der Waals surface area contributed by atoms with Crippen LogP contribution in [0.15, 0.2) is 24.3 Å². The third kappa shape index (κ3) is 2.37. The Hall–Kier alpha value is -1.63. The van der Waals surface area contributed by atoms with Crippen LogP contribution in [0.2, 0.25) is 5.02 Å². The van der Waals surface area contributed by atoms with Crippen molar-refractivity contribution in [1.29, 1.82) is 0 Å². The van der Waals surface area contributed by atoms with Gasteiger partial charge in [-0.3, -0.25) is 0 Å². The first-order valence-electron chi connectivity index (χ1n) is 6.01. The SMILES string of the molecule is Cc1nc2sc(COc3ccccc3Cl)nn2c1CO. The van der Waals surface area contributed by atoms with Crippen LogP contribution in [0.4, 0.5) is 0 Å². The lowest BCUT2D eigenvalue weighted by molar-refractivity contribution is 0.272. The number of aromatic nitrogens is 3. The third-order valence-corrected chi connectivity index (χ3v) is 4.07. The molecule has 7 heteroatoms. The van der Waals surface area contributed by atoms with Gasteiger partial charge in [0.05, 0.1) is 23.0 Å². The number of hydrogen-bond acceptors (Lipinski definition) is 5. The second kappa shape index (κ2) is 5.40. The Bertz CT molecular complexity index is 753. The van der Waals surface area contributed by atoms with Gasteiger partial charge in [0, 0.05) is 0 Å². The van der Waals surface area contributed by atoms with E-state index < -0.39 is 0 Å². The highest BCUT2D eigenvalue weighted by Crippen LogP contribution is 2.25. The second-order valence-electron chi connectivity index (χ2n) is 4.21. The number of imidazole rings is 1. The average Bonchev–Trinajstić information content (AvgIpc) is 2.93. The third-order valence-electron chi connectivity index (χ3n) is 2.88. The fourth-order valence-corrected chi connectivity index (χ4v) is 2.93. The van der Waals surface area contributed by atoms with E-state index in [4.69, 9.17) is 16.3 Å². The Labute approximate surface area is 124 Å². The summed E-state index contributed by atoms with van der Waals surface area (Å²) in [4.78, 5) is 5.11. The second-order valence-corrected chi connectivity index (χ2v) is 5.66. The highest BCUT2D eigenvalue weighted by Gasteiger charge is 2.13. The van der Waals surface area contributed by atoms with E-state index in [-0.39, 0.29) is 6.61 Å². The van der Waals surface area contributed by atoms with Gasteiger partial charge in [0.1, 0.15) is 12.4 Å². The fraction of sp³-hybridized carbons (Fsp3) is 0.231. The lowest BCUT2D eigenvalue weighted by Gasteiger charge is -2.04. The Morgan fingerprint density at radius 1 is 1.40 bits per heavy atom. The van der Waals surface area contributed by atoms with Crippen LogP contribution in [0.1, 0.15) is 16.4 Å². The number of benzene rings is 1. The van der Waals surface area contributed by atoms with Crippen molar-refractivity contribution in [3.05, 3.63) is 45.7 Å². The van der Waals surface area contributed by atoms with Crippen molar-refractivity contribution >= 4 is 27.9 Å². The summed E-state index contributed by atoms with van der Waals surface area (Å²) < 4.78 is 7.30. The van der Waals surface area contributed by atoms with E-state index in [0.29, 0.717) is 23.1 Å². The molecule has 0 radical (unpaired) electrons. The molecule has 0 saturated carbocycles. The average molecular weight is 310 g/mol. The lowest BCUT2D eigenvalue weighted by Crippen LogP contribution is -1.99. The number of nitrogens with zero attached hydrogens (tertiary/aromatic N) is 3. The first-order chi connectivity index (χ1) is 9.69. The molecule has 0 saturated heterocycles. The minimum atomic E-state index is -0.0818. The number of hydrogen-bond donors (Lipinski definition) is 1. The number of ether oxygens (including phenoxy) is 1. The fourth-order valence-electron chi connectivity index (χ4n) is 1.87. The predicted molar refractivity (Wildman–Crippen MR) is 77.3 cm³/mol. The predicted octanol–water partition coefficient (Wildman–Crippen LogP) is 2.82. The number of halogens is 1. The Balaban J connectivity index is 1.82. The standard InChI is InChI=1S/C13H12ClN3O2S/c1-8-10(6-18)17-13(15-8)20-12(16-17)7-19-11-5-3-2-4-9(11)14/h2-5,18H,6-7H2,1H3. The van der Waals surface area contributed by atoms with Gasteiger partial charge < -0.3 is 9.84 Å². The maximum Gasteiger partial charge on any atom is 0.212 e. The Kier molecular flexibility index (Phi) is 3.60. The first kappa shape index (κ1) is 13.4. The van der Waals surface area contributed by atoms with Gasteiger partial charge in [0.15, 0.2) is 5.01 Å². The van der Waals surface area contributed by atoms with Gasteiger partial charge >= 0.3 is 0 Å². The van der Waals surface area contributed by atoms with Gasteiger partial charge in [-0.25, -0.2) is 9.50 Å². The van der Waals surface area contributed by atoms with E-state index in [1.807, 2.05) is 25.1 Å². The van der Waals surface area contributed by atoms with Crippen LogP contribution in [0.5, 0.6) is 5.75 Å². The van der Waals surface area contributed by atoms with Gasteiger partial charge in [-0.05, 0) is 19.1 Å². The van der Waals surface area contributed by atoms with E-state index in [1.165, 1.54) is 11.3 Å². The maximum atomic E-state index is 9.31. The summed E-state index contributed by atoms with van der Waals surface area (Å²) in [6.07, 6.45) is 0. The smallest absolute Gasteiger partial charge is 0.212 e. The molecular formula is C13H12ClN3O2S. The highest BCUT2D eigenvalue weighted by molar-refractivity contribution is 7.16. The molecule has 0 amide bonds. The number of aliphatic hydroxyl groups is 1. The van der Waals surface area contributed by atoms with Crippen molar-refractivity contribution < 1.29 is 9.84 Å². The molecule has 0 atom stereocenters. The van der Waals surface area contributed by atoms with E-state index >= 15 is 0 Å². The molecule has 0 aliphatic rings. The molecule has 0 aliphatic carbocycles. The molecule has 2 heterocycles. The van der Waals surface area contributed by atoms with Crippen molar-refractivity contribution in [3.63, 3.8) is 0 Å². The lowest BCUT2D eigenvalue weighted by atomic mass is 10.3. The summed E-state index contributed by atoms with van der Waals surface area (Å²) >= 11 is 7.46. The van der Waals surface area contributed by atoms with Gasteiger partial charge in [-0.2, -0.15) is 5.10 Å². The van der Waals surface area contributed by atoms with Crippen LogP contribution in [0, 0.1) is 6.92 Å². The van der Waals surface area contributed by atoms with Crippen LogP contribution in [-0.2, 0) is 13.2 Å². The van der Waals surface area contributed by atoms with Crippen molar-refractivity contribution in [2.24, 2.45) is 0 Å². The monoisotopic (exact) mass is 309 g/mol. The summed E-state index contributed by atoms with van der Waals surface area (Å²) in [7, 11) is 0. The number of rotatable bonds is 4. The van der Waals surface area contributed by atoms with E-state index in [2.05, 4.69) is 10.1 Å². The minimum absolute atomic E-state index is 0.0818. The zero-order chi connectivity index (χ0) is 14.1. The molecule has 2 aromatic heterocycles. The summed E-state index contributed by atoms with van der Waals surface area (Å²) in [5, 5.41) is 15.1. The molecule has 20 heavy (non-hydrogen) atoms. The van der Waals surface area contributed by atoms with Crippen LogP contribution < -0.4 is 4.74 Å². The summed E-state index contributed by atoms with van der Waals surface area (Å²) in [5.41, 5.74) is 1.50. The van der Waals surface area contributed by atoms with Crippen LogP contribution in [0.3, 0.4) is 0 Å². The Morgan fingerprint density at radius 2 is 2.20 bits per heavy atom. The summed E-state index contributed by atoms with van der Waals surface area (Å²) in [6.45, 7) is 2.09. The quantitative estimate of drug-likeness (QED) is 0.805. The molecular weight excluding hydrogens is 298 g/mol. The number of para-hydroxylation sites is 1. The Morgan fingerprint density at radius 3 is 2.95 bits per heavy atom. The molecule has 1 N–H and O–H groups in total. The minimum Gasteiger partial charge on any atom is -0.485 e. The molecule has 5 nitrogen and oxygen atoms in total. The molecule has 0 spiro atoms. The van der Waals surface area contributed by atoms with Crippen LogP contribution >= 0.6 is 22.9 Å². The number of aliphatic hydroxyl groups excluding tert-OH is 1. The molecule has 3 aromatic rings. The van der Waals surface area contributed by atoms with Crippen LogP contribution in [-0.4, -0.2) is 19.7 Å². The zero-order valence-corrected chi connectivity index (χ0v) is 12.3. The summed E-state index contributed by atoms with van der Waals surface area (Å²) in [5.74, 6) is 0.626. The molecule has 1 aromatic carbocycles. The van der Waals surface area contributed by atoms with Crippen molar-refractivity contribution in [2.45, 2.75) is 20.1 Å².